The van der Waals surface area contributed by atoms with E-state index in [1.165, 1.54) is 0 Å². The normalized spacial score (nSPS) is 12.3. The predicted octanol–water partition coefficient (Wildman–Crippen LogP) is 3.06. The van der Waals surface area contributed by atoms with Gasteiger partial charge in [0.25, 0.3) is 0 Å². The van der Waals surface area contributed by atoms with Crippen molar-refractivity contribution >= 4 is 11.9 Å². The Kier molecular flexibility index (Phi) is 3.68. The van der Waals surface area contributed by atoms with Crippen LogP contribution in [0.2, 0.25) is 0 Å². The molecule has 4 heteroatoms. The Morgan fingerprint density at radius 2 is 1.72 bits per heavy atom. The van der Waals surface area contributed by atoms with Gasteiger partial charge in [-0.15, -0.1) is 11.6 Å². The molecule has 1 aliphatic heterocycles. The standard InChI is InChI=1S/C14H10NO2.Zn/c16-12-7-3-1-5-10(12)14-9-15-11-6-2-4-8-13(11)17-14;/h1-9,16H;/q-1;. The Hall–Kier alpha value is -1.80. The van der Waals surface area contributed by atoms with Gasteiger partial charge in [-0.3, -0.25) is 4.99 Å². The zero-order valence-electron chi connectivity index (χ0n) is 9.71. The number of phenolic OH excluding ortho intramolecular Hbond substituents is 1. The van der Waals surface area contributed by atoms with Gasteiger partial charge in [0.05, 0.1) is 0 Å². The summed E-state index contributed by atoms with van der Waals surface area (Å²) in [6, 6.07) is 14.6. The summed E-state index contributed by atoms with van der Waals surface area (Å²) in [5.74, 6) is 0.890. The second-order valence-electron chi connectivity index (χ2n) is 3.71. The molecular formula is C14H10NO2Zn-. The number of hydrogen-bond donors (Lipinski definition) is 1. The fourth-order valence-corrected chi connectivity index (χ4v) is 1.73. The van der Waals surface area contributed by atoms with Crippen LogP contribution in [0.3, 0.4) is 0 Å². The molecule has 0 spiro atoms. The molecule has 3 rings (SSSR count). The molecule has 0 aliphatic carbocycles. The topological polar surface area (TPSA) is 41.8 Å². The van der Waals surface area contributed by atoms with Gasteiger partial charge in [0.1, 0.15) is 11.4 Å². The Labute approximate surface area is 118 Å². The molecule has 0 unspecified atom stereocenters. The van der Waals surface area contributed by atoms with E-state index in [1.54, 1.807) is 24.4 Å². The van der Waals surface area contributed by atoms with Crippen LogP contribution < -0.4 is 4.74 Å². The second kappa shape index (κ2) is 5.24. The molecule has 1 aliphatic rings. The van der Waals surface area contributed by atoms with Crippen LogP contribution in [-0.4, -0.2) is 11.3 Å². The average Bonchev–Trinajstić information content (AvgIpc) is 2.39. The van der Waals surface area contributed by atoms with Gasteiger partial charge in [-0.1, -0.05) is 24.3 Å². The van der Waals surface area contributed by atoms with Gasteiger partial charge in [-0.05, 0) is 12.1 Å². The third-order valence-corrected chi connectivity index (χ3v) is 2.58. The quantitative estimate of drug-likeness (QED) is 0.647. The van der Waals surface area contributed by atoms with Gasteiger partial charge in [0, 0.05) is 37.5 Å². The molecule has 0 atom stereocenters. The van der Waals surface area contributed by atoms with E-state index in [2.05, 4.69) is 4.99 Å². The van der Waals surface area contributed by atoms with E-state index in [-0.39, 0.29) is 25.2 Å². The van der Waals surface area contributed by atoms with Crippen molar-refractivity contribution in [1.82, 2.24) is 0 Å². The molecule has 0 saturated heterocycles. The summed E-state index contributed by atoms with van der Waals surface area (Å²) in [5.41, 5.74) is 1.44. The summed E-state index contributed by atoms with van der Waals surface area (Å²) in [6.07, 6.45) is 2.18. The molecule has 18 heavy (non-hydrogen) atoms. The fraction of sp³-hybridized carbons (Fsp3) is 0. The van der Waals surface area contributed by atoms with Crippen molar-refractivity contribution < 1.29 is 29.3 Å². The van der Waals surface area contributed by atoms with E-state index < -0.39 is 0 Å². The fourth-order valence-electron chi connectivity index (χ4n) is 1.73. The summed E-state index contributed by atoms with van der Waals surface area (Å²) in [6.45, 7) is 0. The van der Waals surface area contributed by atoms with Gasteiger partial charge in [0.2, 0.25) is 0 Å². The minimum atomic E-state index is 0. The van der Waals surface area contributed by atoms with Crippen molar-refractivity contribution in [3.8, 4) is 11.5 Å². The largest absolute Gasteiger partial charge is 0.565 e. The van der Waals surface area contributed by atoms with Gasteiger partial charge in [-0.25, -0.2) is 0 Å². The van der Waals surface area contributed by atoms with E-state index in [0.717, 1.165) is 5.69 Å². The molecule has 1 N–H and O–H groups in total. The summed E-state index contributed by atoms with van der Waals surface area (Å²) in [4.78, 5) is 4.29. The number of para-hydroxylation sites is 3. The van der Waals surface area contributed by atoms with Crippen LogP contribution in [0.15, 0.2) is 53.5 Å². The van der Waals surface area contributed by atoms with E-state index in [1.807, 2.05) is 30.3 Å². The van der Waals surface area contributed by atoms with Crippen LogP contribution in [-0.2, 0) is 19.5 Å². The Morgan fingerprint density at radius 3 is 2.56 bits per heavy atom. The Balaban J connectivity index is 0.00000120. The summed E-state index contributed by atoms with van der Waals surface area (Å²) in [7, 11) is 0. The monoisotopic (exact) mass is 288 g/mol. The molecule has 2 aromatic rings. The van der Waals surface area contributed by atoms with Gasteiger partial charge >= 0.3 is 0 Å². The van der Waals surface area contributed by atoms with Crippen LogP contribution in [0, 0.1) is 6.10 Å². The number of ether oxygens (including phenoxy) is 1. The van der Waals surface area contributed by atoms with Crippen molar-refractivity contribution in [3.63, 3.8) is 0 Å². The van der Waals surface area contributed by atoms with E-state index in [0.29, 0.717) is 17.4 Å². The number of aromatic hydroxyl groups is 1. The Bertz CT molecular complexity index is 584. The van der Waals surface area contributed by atoms with E-state index in [9.17, 15) is 5.11 Å². The number of benzene rings is 2. The molecule has 0 amide bonds. The first-order valence-electron chi connectivity index (χ1n) is 5.31. The first kappa shape index (κ1) is 12.7. The van der Waals surface area contributed by atoms with Gasteiger partial charge in [0.15, 0.2) is 0 Å². The molecule has 86 valence electrons. The minimum absolute atomic E-state index is 0. The third-order valence-electron chi connectivity index (χ3n) is 2.58. The third kappa shape index (κ3) is 2.25. The maximum Gasteiger partial charge on any atom is 0.136 e. The van der Waals surface area contributed by atoms with E-state index >= 15 is 0 Å². The first-order chi connectivity index (χ1) is 8.34. The smallest absolute Gasteiger partial charge is 0.136 e. The molecule has 0 saturated carbocycles. The average molecular weight is 290 g/mol. The Morgan fingerprint density at radius 1 is 1.00 bits per heavy atom. The summed E-state index contributed by atoms with van der Waals surface area (Å²) < 4.78 is 5.71. The number of aliphatic imine (C=N–C) groups is 1. The molecular weight excluding hydrogens is 280 g/mol. The zero-order chi connectivity index (χ0) is 11.7. The first-order valence-corrected chi connectivity index (χ1v) is 5.31. The predicted molar refractivity (Wildman–Crippen MR) is 65.7 cm³/mol. The summed E-state index contributed by atoms with van der Waals surface area (Å²) >= 11 is 0. The van der Waals surface area contributed by atoms with E-state index in [4.69, 9.17) is 4.74 Å². The van der Waals surface area contributed by atoms with Crippen molar-refractivity contribution in [1.29, 1.82) is 0 Å². The zero-order valence-corrected chi connectivity index (χ0v) is 12.7. The molecule has 0 aromatic heterocycles. The number of hydrogen-bond acceptors (Lipinski definition) is 3. The number of fused-ring (bicyclic) bond motifs is 1. The minimum Gasteiger partial charge on any atom is -0.565 e. The molecule has 0 fully saturated rings. The SMILES string of the molecule is Oc1ccccc1[C-]1C=Nc2ccccc2O1.[Zn]. The van der Waals surface area contributed by atoms with Crippen molar-refractivity contribution in [2.45, 2.75) is 0 Å². The molecule has 0 bridgehead atoms. The molecule has 1 heterocycles. The van der Waals surface area contributed by atoms with Crippen molar-refractivity contribution in [2.24, 2.45) is 4.99 Å². The van der Waals surface area contributed by atoms with Gasteiger partial charge < -0.3 is 9.84 Å². The second-order valence-corrected chi connectivity index (χ2v) is 3.71. The van der Waals surface area contributed by atoms with Crippen LogP contribution in [0.4, 0.5) is 5.69 Å². The van der Waals surface area contributed by atoms with Crippen molar-refractivity contribution in [2.75, 3.05) is 0 Å². The van der Waals surface area contributed by atoms with Gasteiger partial charge in [-0.2, -0.15) is 6.07 Å². The van der Waals surface area contributed by atoms with Crippen LogP contribution in [0.25, 0.3) is 0 Å². The molecule has 0 radical (unpaired) electrons. The maximum atomic E-state index is 9.75. The van der Waals surface area contributed by atoms with Crippen molar-refractivity contribution in [3.05, 3.63) is 60.2 Å². The number of phenols is 1. The van der Waals surface area contributed by atoms with Crippen LogP contribution in [0.1, 0.15) is 5.56 Å². The number of rotatable bonds is 1. The number of nitrogens with zero attached hydrogens (tertiary/aromatic N) is 1. The molecule has 2 aromatic carbocycles. The molecule has 3 nitrogen and oxygen atoms in total. The summed E-state index contributed by atoms with van der Waals surface area (Å²) in [5, 5.41) is 9.75. The maximum absolute atomic E-state index is 9.75. The van der Waals surface area contributed by atoms with Crippen LogP contribution in [0.5, 0.6) is 11.5 Å². The van der Waals surface area contributed by atoms with Crippen LogP contribution >= 0.6 is 0 Å².